The Kier molecular flexibility index (Phi) is 3.02. The van der Waals surface area contributed by atoms with Crippen LogP contribution >= 0.6 is 0 Å². The van der Waals surface area contributed by atoms with Crippen LogP contribution in [0.3, 0.4) is 0 Å². The molecule has 1 unspecified atom stereocenters. The van der Waals surface area contributed by atoms with E-state index in [-0.39, 0.29) is 0 Å². The number of hydrogen-bond acceptors (Lipinski definition) is 0. The summed E-state index contributed by atoms with van der Waals surface area (Å²) in [4.78, 5) is 0. The molecule has 6 heavy (non-hydrogen) atoms. The minimum atomic E-state index is 0.907. The first-order chi connectivity index (χ1) is 2.64. The van der Waals surface area contributed by atoms with Gasteiger partial charge in [-0.2, -0.15) is 0 Å². The van der Waals surface area contributed by atoms with Crippen LogP contribution in [-0.2, 0) is 18.3 Å². The molecule has 0 spiro atoms. The van der Waals surface area contributed by atoms with E-state index in [9.17, 15) is 0 Å². The molecule has 1 atom stereocenters. The van der Waals surface area contributed by atoms with Crippen LogP contribution in [0.15, 0.2) is 0 Å². The van der Waals surface area contributed by atoms with E-state index in [0.29, 0.717) is 0 Å². The molecule has 0 rings (SSSR count). The second-order valence-corrected chi connectivity index (χ2v) is 4.92. The Balaban J connectivity index is 2.99. The van der Waals surface area contributed by atoms with Gasteiger partial charge in [0.15, 0.2) is 0 Å². The third-order valence-electron chi connectivity index (χ3n) is 1.14. The third-order valence-corrected chi connectivity index (χ3v) is 3.12. The van der Waals surface area contributed by atoms with E-state index in [2.05, 4.69) is 20.8 Å². The van der Waals surface area contributed by atoms with Crippen LogP contribution in [0, 0.1) is 5.92 Å². The van der Waals surface area contributed by atoms with Gasteiger partial charge in [-0.25, -0.2) is 0 Å². The zero-order valence-corrected chi connectivity index (χ0v) is 7.83. The van der Waals surface area contributed by atoms with Gasteiger partial charge < -0.3 is 0 Å². The molecule has 0 aromatic carbocycles. The van der Waals surface area contributed by atoms with Gasteiger partial charge in [0.1, 0.15) is 0 Å². The number of rotatable bonds is 1. The minimum absolute atomic E-state index is 0.907. The topological polar surface area (TPSA) is 0 Å². The zero-order chi connectivity index (χ0) is 5.15. The van der Waals surface area contributed by atoms with E-state index in [0.717, 1.165) is 10.4 Å². The Morgan fingerprint density at radius 3 is 1.33 bits per heavy atom. The van der Waals surface area contributed by atoms with Gasteiger partial charge in [-0.15, -0.1) is 0 Å². The molecule has 1 heteroatoms. The average Bonchev–Trinajstić information content (AvgIpc) is 1.36. The molecule has 0 radical (unpaired) electrons. The van der Waals surface area contributed by atoms with Crippen LogP contribution in [0.25, 0.3) is 0 Å². The van der Waals surface area contributed by atoms with Crippen LogP contribution < -0.4 is 0 Å². The summed E-state index contributed by atoms with van der Waals surface area (Å²) in [5, 5.41) is 0. The molecule has 33 valence electrons. The summed E-state index contributed by atoms with van der Waals surface area (Å²) in [5.41, 5.74) is 0. The summed E-state index contributed by atoms with van der Waals surface area (Å²) in [7, 11) is 0. The van der Waals surface area contributed by atoms with Crippen molar-refractivity contribution in [3.63, 3.8) is 0 Å². The molecular formula is C5H11Zn. The molecule has 0 aliphatic heterocycles. The van der Waals surface area contributed by atoms with Gasteiger partial charge in [0.2, 0.25) is 0 Å². The molecule has 0 aromatic rings. The van der Waals surface area contributed by atoms with Crippen LogP contribution in [0.4, 0.5) is 0 Å². The van der Waals surface area contributed by atoms with Crippen LogP contribution in [0.1, 0.15) is 20.8 Å². The van der Waals surface area contributed by atoms with E-state index >= 15 is 0 Å². The average molecular weight is 137 g/mol. The Morgan fingerprint density at radius 1 is 1.17 bits per heavy atom. The first-order valence-corrected chi connectivity index (χ1v) is 4.19. The van der Waals surface area contributed by atoms with Crippen LogP contribution in [0.5, 0.6) is 0 Å². The Labute approximate surface area is 50.0 Å². The summed E-state index contributed by atoms with van der Waals surface area (Å²) in [6.07, 6.45) is 0. The summed E-state index contributed by atoms with van der Waals surface area (Å²) in [5.74, 6) is 0.907. The van der Waals surface area contributed by atoms with Crippen molar-refractivity contribution < 1.29 is 18.3 Å². The van der Waals surface area contributed by atoms with Crippen molar-refractivity contribution in [2.45, 2.75) is 25.3 Å². The van der Waals surface area contributed by atoms with Gasteiger partial charge >= 0.3 is 49.5 Å². The Hall–Kier alpha value is 0.623. The van der Waals surface area contributed by atoms with Gasteiger partial charge in [-0.3, -0.25) is 0 Å². The Morgan fingerprint density at radius 2 is 1.33 bits per heavy atom. The summed E-state index contributed by atoms with van der Waals surface area (Å²) in [6, 6.07) is 0. The van der Waals surface area contributed by atoms with Crippen LogP contribution in [-0.4, -0.2) is 0 Å². The van der Waals surface area contributed by atoms with Crippen molar-refractivity contribution in [3.05, 3.63) is 0 Å². The van der Waals surface area contributed by atoms with Gasteiger partial charge in [0, 0.05) is 0 Å². The van der Waals surface area contributed by atoms with E-state index in [1.54, 1.807) is 0 Å². The molecule has 0 saturated carbocycles. The Bertz CT molecular complexity index is 24.9. The predicted octanol–water partition coefficient (Wildman–Crippen LogP) is 2.00. The summed E-state index contributed by atoms with van der Waals surface area (Å²) in [6.45, 7) is 6.84. The van der Waals surface area contributed by atoms with E-state index in [4.69, 9.17) is 0 Å². The monoisotopic (exact) mass is 135 g/mol. The quantitative estimate of drug-likeness (QED) is 0.484. The maximum atomic E-state index is 2.30. The molecule has 0 nitrogen and oxygen atoms in total. The van der Waals surface area contributed by atoms with Crippen molar-refractivity contribution >= 4 is 0 Å². The van der Waals surface area contributed by atoms with Gasteiger partial charge in [-0.1, -0.05) is 0 Å². The van der Waals surface area contributed by atoms with E-state index < -0.39 is 0 Å². The molecule has 0 fully saturated rings. The van der Waals surface area contributed by atoms with Gasteiger partial charge in [0.05, 0.1) is 0 Å². The van der Waals surface area contributed by atoms with Crippen molar-refractivity contribution in [2.24, 2.45) is 5.92 Å². The fraction of sp³-hybridized carbons (Fsp3) is 1.00. The SMILES string of the molecule is CC(C)[CH](C)[Zn]. The standard InChI is InChI=1S/C5H11.Zn/c1-4-5(2)3;/h4-5H,1-3H3;. The van der Waals surface area contributed by atoms with E-state index in [1.165, 1.54) is 18.3 Å². The first-order valence-electron chi connectivity index (χ1n) is 2.47. The molecule has 0 saturated heterocycles. The normalized spacial score (nSPS) is 15.7. The third kappa shape index (κ3) is 2.84. The van der Waals surface area contributed by atoms with Crippen LogP contribution in [0.2, 0.25) is 4.51 Å². The van der Waals surface area contributed by atoms with Crippen molar-refractivity contribution in [1.29, 1.82) is 0 Å². The van der Waals surface area contributed by atoms with Crippen molar-refractivity contribution in [3.8, 4) is 0 Å². The molecular weight excluding hydrogens is 125 g/mol. The molecule has 0 aliphatic rings. The molecule has 0 aliphatic carbocycles. The molecule has 0 aromatic heterocycles. The zero-order valence-electron chi connectivity index (χ0n) is 4.86. The summed E-state index contributed by atoms with van der Waals surface area (Å²) >= 11 is 1.44. The second-order valence-electron chi connectivity index (χ2n) is 2.22. The summed E-state index contributed by atoms with van der Waals surface area (Å²) < 4.78 is 0.977. The molecule has 0 bridgehead atoms. The number of hydrogen-bond donors (Lipinski definition) is 0. The predicted molar refractivity (Wildman–Crippen MR) is 24.3 cm³/mol. The molecule has 0 heterocycles. The van der Waals surface area contributed by atoms with Crippen molar-refractivity contribution in [1.82, 2.24) is 0 Å². The van der Waals surface area contributed by atoms with Crippen molar-refractivity contribution in [2.75, 3.05) is 0 Å². The second kappa shape index (κ2) is 2.74. The fourth-order valence-electron chi connectivity index (χ4n) is 0. The first kappa shape index (κ1) is 6.62. The van der Waals surface area contributed by atoms with Gasteiger partial charge in [0.25, 0.3) is 0 Å². The molecule has 0 amide bonds. The maximum absolute atomic E-state index is 2.30. The van der Waals surface area contributed by atoms with Gasteiger partial charge in [-0.05, 0) is 0 Å². The van der Waals surface area contributed by atoms with E-state index in [1.807, 2.05) is 0 Å². The fourth-order valence-corrected chi connectivity index (χ4v) is 0. The molecule has 0 N–H and O–H groups in total.